The molecule has 0 aliphatic carbocycles. The zero-order valence-electron chi connectivity index (χ0n) is 21.4. The maximum atomic E-state index is 13.6. The van der Waals surface area contributed by atoms with Gasteiger partial charge in [-0.15, -0.1) is 12.4 Å². The van der Waals surface area contributed by atoms with Crippen molar-refractivity contribution in [1.82, 2.24) is 14.2 Å². The lowest BCUT2D eigenvalue weighted by Gasteiger charge is -2.21. The molecule has 11 heteroatoms. The van der Waals surface area contributed by atoms with Crippen LogP contribution in [0.1, 0.15) is 36.5 Å². The highest BCUT2D eigenvalue weighted by atomic mass is 35.5. The summed E-state index contributed by atoms with van der Waals surface area (Å²) in [6.45, 7) is 3.80. The Labute approximate surface area is 224 Å². The predicted molar refractivity (Wildman–Crippen MR) is 149 cm³/mol. The monoisotopic (exact) mass is 554 g/mol. The standard InChI is InChI=1S/C25H34N4O4S2.ClH/c1-6-7-16-28(4)35(31,32)21-12-9-19(10-13-21)24(30)29(17-8-15-27(2)3)25-26-22-14-11-20(33-5)18-23(22)34-25;/h9-14,18H,6-8,15-17H2,1-5H3;1H. The number of halogens is 1. The molecule has 3 rings (SSSR count). The van der Waals surface area contributed by atoms with Crippen LogP contribution in [-0.4, -0.2) is 76.4 Å². The minimum Gasteiger partial charge on any atom is -0.497 e. The summed E-state index contributed by atoms with van der Waals surface area (Å²) >= 11 is 1.43. The van der Waals surface area contributed by atoms with Gasteiger partial charge in [0.05, 0.1) is 22.2 Å². The van der Waals surface area contributed by atoms with Gasteiger partial charge in [0.25, 0.3) is 5.91 Å². The topological polar surface area (TPSA) is 83.1 Å². The molecule has 198 valence electrons. The second-order valence-corrected chi connectivity index (χ2v) is 11.7. The van der Waals surface area contributed by atoms with E-state index in [0.29, 0.717) is 23.8 Å². The van der Waals surface area contributed by atoms with E-state index >= 15 is 0 Å². The van der Waals surface area contributed by atoms with Crippen LogP contribution in [0.3, 0.4) is 0 Å². The Morgan fingerprint density at radius 1 is 1.00 bits per heavy atom. The Hall–Kier alpha value is -2.24. The van der Waals surface area contributed by atoms with Crippen molar-refractivity contribution >= 4 is 55.0 Å². The predicted octanol–water partition coefficient (Wildman–Crippen LogP) is 4.75. The number of sulfonamides is 1. The minimum absolute atomic E-state index is 0. The summed E-state index contributed by atoms with van der Waals surface area (Å²) in [5.74, 6) is 0.525. The third-order valence-electron chi connectivity index (χ3n) is 5.68. The molecule has 36 heavy (non-hydrogen) atoms. The van der Waals surface area contributed by atoms with Crippen molar-refractivity contribution in [3.8, 4) is 5.75 Å². The van der Waals surface area contributed by atoms with Crippen LogP contribution >= 0.6 is 23.7 Å². The number of carbonyl (C=O) groups is 1. The van der Waals surface area contributed by atoms with Gasteiger partial charge in [-0.1, -0.05) is 24.7 Å². The normalized spacial score (nSPS) is 11.6. The van der Waals surface area contributed by atoms with Crippen molar-refractivity contribution in [2.45, 2.75) is 31.1 Å². The summed E-state index contributed by atoms with van der Waals surface area (Å²) in [6.07, 6.45) is 2.48. The molecule has 0 saturated carbocycles. The van der Waals surface area contributed by atoms with Gasteiger partial charge in [-0.05, 0) is 75.9 Å². The summed E-state index contributed by atoms with van der Waals surface area (Å²) in [4.78, 5) is 22.2. The average molecular weight is 555 g/mol. The van der Waals surface area contributed by atoms with Crippen LogP contribution in [0.25, 0.3) is 10.2 Å². The van der Waals surface area contributed by atoms with Crippen LogP contribution in [0.4, 0.5) is 5.13 Å². The van der Waals surface area contributed by atoms with E-state index in [2.05, 4.69) is 4.90 Å². The quantitative estimate of drug-likeness (QED) is 0.321. The summed E-state index contributed by atoms with van der Waals surface area (Å²) < 4.78 is 33.3. The highest BCUT2D eigenvalue weighted by Crippen LogP contribution is 2.32. The summed E-state index contributed by atoms with van der Waals surface area (Å²) in [5, 5.41) is 0.605. The molecule has 2 aromatic carbocycles. The van der Waals surface area contributed by atoms with Crippen molar-refractivity contribution in [3.05, 3.63) is 48.0 Å². The number of thiazole rings is 1. The molecule has 0 spiro atoms. The summed E-state index contributed by atoms with van der Waals surface area (Å²) in [7, 11) is 3.59. The number of hydrogen-bond donors (Lipinski definition) is 0. The largest absolute Gasteiger partial charge is 0.497 e. The second kappa shape index (κ2) is 13.3. The first kappa shape index (κ1) is 30.0. The third-order valence-corrected chi connectivity index (χ3v) is 8.60. The molecule has 1 aromatic heterocycles. The number of nitrogens with zero attached hydrogens (tertiary/aromatic N) is 4. The van der Waals surface area contributed by atoms with Gasteiger partial charge in [-0.25, -0.2) is 17.7 Å². The van der Waals surface area contributed by atoms with Crippen LogP contribution in [0.15, 0.2) is 47.4 Å². The Bertz CT molecular complexity index is 1250. The van der Waals surface area contributed by atoms with Gasteiger partial charge in [-0.2, -0.15) is 0 Å². The summed E-state index contributed by atoms with van der Waals surface area (Å²) in [5.41, 5.74) is 1.22. The Kier molecular flexibility index (Phi) is 11.1. The number of hydrogen-bond acceptors (Lipinski definition) is 7. The van der Waals surface area contributed by atoms with Crippen molar-refractivity contribution in [2.75, 3.05) is 52.8 Å². The fraction of sp³-hybridized carbons (Fsp3) is 0.440. The Morgan fingerprint density at radius 2 is 1.69 bits per heavy atom. The molecule has 3 aromatic rings. The van der Waals surface area contributed by atoms with Crippen LogP contribution in [0.5, 0.6) is 5.75 Å². The maximum Gasteiger partial charge on any atom is 0.260 e. The van der Waals surface area contributed by atoms with E-state index in [1.807, 2.05) is 39.2 Å². The van der Waals surface area contributed by atoms with Crippen molar-refractivity contribution in [2.24, 2.45) is 0 Å². The number of aromatic nitrogens is 1. The smallest absolute Gasteiger partial charge is 0.260 e. The molecule has 0 aliphatic heterocycles. The van der Waals surface area contributed by atoms with E-state index in [1.54, 1.807) is 31.2 Å². The second-order valence-electron chi connectivity index (χ2n) is 8.65. The number of benzene rings is 2. The lowest BCUT2D eigenvalue weighted by molar-refractivity contribution is 0.0986. The molecule has 0 radical (unpaired) electrons. The maximum absolute atomic E-state index is 13.6. The number of unbranched alkanes of at least 4 members (excludes halogenated alkanes) is 1. The lowest BCUT2D eigenvalue weighted by Crippen LogP contribution is -2.33. The van der Waals surface area contributed by atoms with Crippen LogP contribution in [0, 0.1) is 0 Å². The molecular formula is C25H35ClN4O4S2. The van der Waals surface area contributed by atoms with Gasteiger partial charge in [-0.3, -0.25) is 9.69 Å². The van der Waals surface area contributed by atoms with Crippen LogP contribution in [-0.2, 0) is 10.0 Å². The fourth-order valence-corrected chi connectivity index (χ4v) is 5.80. The van der Waals surface area contributed by atoms with Crippen LogP contribution in [0.2, 0.25) is 0 Å². The fourth-order valence-electron chi connectivity index (χ4n) is 3.57. The lowest BCUT2D eigenvalue weighted by atomic mass is 10.2. The Balaban J connectivity index is 0.00000456. The minimum atomic E-state index is -3.59. The van der Waals surface area contributed by atoms with E-state index in [-0.39, 0.29) is 23.2 Å². The van der Waals surface area contributed by atoms with Crippen molar-refractivity contribution < 1.29 is 17.9 Å². The SMILES string of the molecule is CCCCN(C)S(=O)(=O)c1ccc(C(=O)N(CCCN(C)C)c2nc3ccc(OC)cc3s2)cc1.Cl. The number of fused-ring (bicyclic) bond motifs is 1. The molecule has 0 N–H and O–H groups in total. The number of methoxy groups -OCH3 is 1. The molecule has 0 unspecified atom stereocenters. The third kappa shape index (κ3) is 7.17. The van der Waals surface area contributed by atoms with Crippen LogP contribution < -0.4 is 9.64 Å². The Morgan fingerprint density at radius 3 is 2.31 bits per heavy atom. The van der Waals surface area contributed by atoms with Gasteiger partial charge in [0.15, 0.2) is 5.13 Å². The first-order valence-corrected chi connectivity index (χ1v) is 13.9. The van der Waals surface area contributed by atoms with Gasteiger partial charge >= 0.3 is 0 Å². The van der Waals surface area contributed by atoms with Gasteiger partial charge < -0.3 is 9.64 Å². The van der Waals surface area contributed by atoms with Crippen molar-refractivity contribution in [3.63, 3.8) is 0 Å². The van der Waals surface area contributed by atoms with E-state index in [0.717, 1.165) is 41.8 Å². The zero-order valence-corrected chi connectivity index (χ0v) is 23.9. The summed E-state index contributed by atoms with van der Waals surface area (Å²) in [6, 6.07) is 11.8. The number of amides is 1. The van der Waals surface area contributed by atoms with Gasteiger partial charge in [0.1, 0.15) is 5.75 Å². The molecule has 0 aliphatic rings. The zero-order chi connectivity index (χ0) is 25.6. The van der Waals surface area contributed by atoms with E-state index in [4.69, 9.17) is 9.72 Å². The molecule has 0 saturated heterocycles. The first-order valence-electron chi connectivity index (χ1n) is 11.6. The molecular weight excluding hydrogens is 520 g/mol. The molecule has 0 bridgehead atoms. The molecule has 8 nitrogen and oxygen atoms in total. The van der Waals surface area contributed by atoms with E-state index < -0.39 is 10.0 Å². The van der Waals surface area contributed by atoms with Crippen molar-refractivity contribution in [1.29, 1.82) is 0 Å². The number of rotatable bonds is 12. The number of anilines is 1. The number of carbonyl (C=O) groups excluding carboxylic acids is 1. The number of ether oxygens (including phenoxy) is 1. The molecule has 1 amide bonds. The van der Waals surface area contributed by atoms with Gasteiger partial charge in [0, 0.05) is 25.7 Å². The molecule has 0 atom stereocenters. The molecule has 0 fully saturated rings. The average Bonchev–Trinajstić information content (AvgIpc) is 3.27. The highest BCUT2D eigenvalue weighted by molar-refractivity contribution is 7.89. The first-order chi connectivity index (χ1) is 16.7. The van der Waals surface area contributed by atoms with Gasteiger partial charge in [0.2, 0.25) is 10.0 Å². The highest BCUT2D eigenvalue weighted by Gasteiger charge is 2.24. The van der Waals surface area contributed by atoms with E-state index in [1.165, 1.54) is 27.8 Å². The molecule has 1 heterocycles. The van der Waals surface area contributed by atoms with E-state index in [9.17, 15) is 13.2 Å².